The first-order valence-corrected chi connectivity index (χ1v) is 7.41. The number of halogens is 1. The third-order valence-corrected chi connectivity index (χ3v) is 3.61. The lowest BCUT2D eigenvalue weighted by Gasteiger charge is -2.08. The highest BCUT2D eigenvalue weighted by atomic mass is 32.2. The number of hydrogen-bond acceptors (Lipinski definition) is 7. The molecular weight excluding hydrogens is 321 g/mol. The summed E-state index contributed by atoms with van der Waals surface area (Å²) in [6.07, 6.45) is 4.72. The van der Waals surface area contributed by atoms with E-state index in [0.29, 0.717) is 41.3 Å². The van der Waals surface area contributed by atoms with Crippen LogP contribution in [0.3, 0.4) is 0 Å². The zero-order chi connectivity index (χ0) is 16.2. The quantitative estimate of drug-likeness (QED) is 0.692. The Bertz CT molecular complexity index is 826. The molecule has 0 aliphatic carbocycles. The molecule has 0 amide bonds. The molecule has 0 bridgehead atoms. The molecule has 3 aromatic rings. The first kappa shape index (κ1) is 15.5. The molecular formula is C14H14FN5O2S. The van der Waals surface area contributed by atoms with Gasteiger partial charge in [-0.3, -0.25) is 0 Å². The predicted molar refractivity (Wildman–Crippen MR) is 86.6 cm³/mol. The summed E-state index contributed by atoms with van der Waals surface area (Å²) in [5.41, 5.74) is 7.32. The van der Waals surface area contributed by atoms with Crippen LogP contribution in [0.4, 0.5) is 9.83 Å². The van der Waals surface area contributed by atoms with E-state index in [1.165, 1.54) is 3.97 Å². The van der Waals surface area contributed by atoms with E-state index in [4.69, 9.17) is 15.2 Å². The van der Waals surface area contributed by atoms with Crippen LogP contribution >= 0.6 is 12.3 Å². The lowest BCUT2D eigenvalue weighted by atomic mass is 10.1. The number of anilines is 1. The van der Waals surface area contributed by atoms with Gasteiger partial charge in [-0.1, -0.05) is 0 Å². The molecule has 0 radical (unpaired) electrons. The van der Waals surface area contributed by atoms with Crippen molar-refractivity contribution >= 4 is 29.3 Å². The number of aromatic nitrogens is 4. The highest BCUT2D eigenvalue weighted by molar-refractivity contribution is 7.92. The van der Waals surface area contributed by atoms with Crippen molar-refractivity contribution in [3.8, 4) is 17.0 Å². The summed E-state index contributed by atoms with van der Waals surface area (Å²) in [5, 5.41) is 0.659. The van der Waals surface area contributed by atoms with Crippen LogP contribution in [0.1, 0.15) is 0 Å². The summed E-state index contributed by atoms with van der Waals surface area (Å²) < 4.78 is 25.2. The SMILES string of the molecule is COCCOc1ccnc2c1c(-c1ccnc(N)n1)cn2SF. The minimum Gasteiger partial charge on any atom is -0.490 e. The van der Waals surface area contributed by atoms with Gasteiger partial charge in [0, 0.05) is 31.3 Å². The van der Waals surface area contributed by atoms with Gasteiger partial charge in [-0.25, -0.2) is 18.9 Å². The summed E-state index contributed by atoms with van der Waals surface area (Å²) in [5.74, 6) is 0.717. The normalized spacial score (nSPS) is 11.0. The van der Waals surface area contributed by atoms with Crippen LogP contribution < -0.4 is 10.5 Å². The van der Waals surface area contributed by atoms with Crippen molar-refractivity contribution in [1.29, 1.82) is 0 Å². The van der Waals surface area contributed by atoms with E-state index >= 15 is 0 Å². The van der Waals surface area contributed by atoms with Crippen molar-refractivity contribution in [3.05, 3.63) is 30.7 Å². The molecule has 0 spiro atoms. The van der Waals surface area contributed by atoms with E-state index in [-0.39, 0.29) is 18.3 Å². The second-order valence-corrected chi connectivity index (χ2v) is 5.12. The van der Waals surface area contributed by atoms with E-state index in [0.717, 1.165) is 0 Å². The van der Waals surface area contributed by atoms with Gasteiger partial charge in [0.2, 0.25) is 5.95 Å². The number of hydrogen-bond donors (Lipinski definition) is 1. The van der Waals surface area contributed by atoms with Crippen LogP contribution in [-0.2, 0) is 4.74 Å². The van der Waals surface area contributed by atoms with Crippen molar-refractivity contribution in [1.82, 2.24) is 18.9 Å². The number of nitrogens with zero attached hydrogens (tertiary/aromatic N) is 4. The molecule has 2 N–H and O–H groups in total. The summed E-state index contributed by atoms with van der Waals surface area (Å²) >= 11 is 0.0543. The van der Waals surface area contributed by atoms with E-state index in [1.807, 2.05) is 0 Å². The van der Waals surface area contributed by atoms with Gasteiger partial charge in [0.25, 0.3) is 0 Å². The number of pyridine rings is 1. The average molecular weight is 335 g/mol. The zero-order valence-electron chi connectivity index (χ0n) is 12.3. The third-order valence-electron chi connectivity index (χ3n) is 3.19. The van der Waals surface area contributed by atoms with Crippen LogP contribution in [-0.4, -0.2) is 39.2 Å². The van der Waals surface area contributed by atoms with Gasteiger partial charge in [0.15, 0.2) is 18.0 Å². The minimum absolute atomic E-state index is 0.0543. The highest BCUT2D eigenvalue weighted by Crippen LogP contribution is 2.37. The fourth-order valence-corrected chi connectivity index (χ4v) is 2.57. The van der Waals surface area contributed by atoms with Crippen LogP contribution in [0.5, 0.6) is 5.75 Å². The molecule has 3 rings (SSSR count). The maximum atomic E-state index is 13.2. The van der Waals surface area contributed by atoms with E-state index < -0.39 is 0 Å². The lowest BCUT2D eigenvalue weighted by Crippen LogP contribution is -2.04. The molecule has 0 aliphatic rings. The van der Waals surface area contributed by atoms with Gasteiger partial charge in [0.1, 0.15) is 12.4 Å². The topological polar surface area (TPSA) is 88.1 Å². The van der Waals surface area contributed by atoms with Crippen molar-refractivity contribution < 1.29 is 13.4 Å². The molecule has 0 saturated carbocycles. The molecule has 7 nitrogen and oxygen atoms in total. The summed E-state index contributed by atoms with van der Waals surface area (Å²) in [7, 11) is 1.59. The number of nitrogen functional groups attached to an aromatic ring is 1. The maximum Gasteiger partial charge on any atom is 0.220 e. The van der Waals surface area contributed by atoms with Gasteiger partial charge in [-0.05, 0) is 12.1 Å². The zero-order valence-corrected chi connectivity index (χ0v) is 13.1. The van der Waals surface area contributed by atoms with Crippen LogP contribution in [0.25, 0.3) is 22.3 Å². The van der Waals surface area contributed by atoms with Crippen molar-refractivity contribution in [2.45, 2.75) is 0 Å². The standard InChI is InChI=1S/C14H14FN5O2S/c1-21-6-7-22-11-3-5-17-13-12(11)9(8-20(13)23-15)10-2-4-18-14(16)19-10/h2-5,8H,6-7H2,1H3,(H2,16,18,19). The number of rotatable bonds is 6. The van der Waals surface area contributed by atoms with Gasteiger partial charge in [-0.2, -0.15) is 0 Å². The van der Waals surface area contributed by atoms with Crippen LogP contribution in [0.2, 0.25) is 0 Å². The Balaban J connectivity index is 2.16. The predicted octanol–water partition coefficient (Wildman–Crippen LogP) is 2.48. The second kappa shape index (κ2) is 6.80. The number of ether oxygens (including phenoxy) is 2. The fraction of sp³-hybridized carbons (Fsp3) is 0.214. The van der Waals surface area contributed by atoms with Gasteiger partial charge in [-0.15, -0.1) is 3.89 Å². The molecule has 9 heteroatoms. The molecule has 23 heavy (non-hydrogen) atoms. The highest BCUT2D eigenvalue weighted by Gasteiger charge is 2.18. The summed E-state index contributed by atoms with van der Waals surface area (Å²) in [4.78, 5) is 12.3. The van der Waals surface area contributed by atoms with Gasteiger partial charge in [0.05, 0.1) is 17.7 Å². The average Bonchev–Trinajstić information content (AvgIpc) is 2.95. The van der Waals surface area contributed by atoms with E-state index in [9.17, 15) is 3.89 Å². The Morgan fingerprint density at radius 3 is 2.83 bits per heavy atom. The van der Waals surface area contributed by atoms with Crippen molar-refractivity contribution in [2.75, 3.05) is 26.1 Å². The molecule has 0 fully saturated rings. The third kappa shape index (κ3) is 3.06. The molecule has 0 aliphatic heterocycles. The first-order valence-electron chi connectivity index (χ1n) is 6.74. The summed E-state index contributed by atoms with van der Waals surface area (Å²) in [6.45, 7) is 0.813. The smallest absolute Gasteiger partial charge is 0.220 e. The number of nitrogens with two attached hydrogens (primary N) is 1. The lowest BCUT2D eigenvalue weighted by molar-refractivity contribution is 0.147. The molecule has 0 atom stereocenters. The molecule has 3 heterocycles. The van der Waals surface area contributed by atoms with E-state index in [2.05, 4.69) is 15.0 Å². The van der Waals surface area contributed by atoms with Crippen LogP contribution in [0, 0.1) is 0 Å². The fourth-order valence-electron chi connectivity index (χ4n) is 2.22. The Morgan fingerprint density at radius 1 is 1.26 bits per heavy atom. The Morgan fingerprint density at radius 2 is 2.09 bits per heavy atom. The minimum atomic E-state index is 0.0543. The first-order chi connectivity index (χ1) is 11.2. The van der Waals surface area contributed by atoms with E-state index in [1.54, 1.807) is 37.8 Å². The molecule has 0 saturated heterocycles. The Kier molecular flexibility index (Phi) is 4.58. The number of methoxy groups -OCH3 is 1. The molecule has 3 aromatic heterocycles. The molecule has 0 unspecified atom stereocenters. The van der Waals surface area contributed by atoms with Crippen LogP contribution in [0.15, 0.2) is 30.7 Å². The van der Waals surface area contributed by atoms with Crippen molar-refractivity contribution in [3.63, 3.8) is 0 Å². The van der Waals surface area contributed by atoms with Gasteiger partial charge >= 0.3 is 0 Å². The molecule has 120 valence electrons. The monoisotopic (exact) mass is 335 g/mol. The Labute approximate surface area is 136 Å². The Hall–Kier alpha value is -2.39. The van der Waals surface area contributed by atoms with Gasteiger partial charge < -0.3 is 15.2 Å². The molecule has 0 aromatic carbocycles. The largest absolute Gasteiger partial charge is 0.490 e. The summed E-state index contributed by atoms with van der Waals surface area (Å²) in [6, 6.07) is 3.42. The second-order valence-electron chi connectivity index (χ2n) is 4.59. The number of fused-ring (bicyclic) bond motifs is 1. The van der Waals surface area contributed by atoms with Crippen molar-refractivity contribution in [2.24, 2.45) is 0 Å². The maximum absolute atomic E-state index is 13.2.